The van der Waals surface area contributed by atoms with Crippen molar-refractivity contribution in [1.29, 1.82) is 0 Å². The molecule has 0 spiro atoms. The fraction of sp³-hybridized carbons (Fsp3) is 0.571. The minimum absolute atomic E-state index is 0.275. The number of carboxylic acids is 1. The molecule has 0 aliphatic carbocycles. The molecule has 10 heavy (non-hydrogen) atoms. The Labute approximate surface area is 65.5 Å². The molecule has 0 saturated heterocycles. The number of carbonyl (C=O) groups is 1. The van der Waals surface area contributed by atoms with E-state index in [1.165, 1.54) is 0 Å². The standard InChI is InChI=1S/C7H11ClO2/c1-5(2)3-6(4-8)7(9)10/h4-5H,3H2,1-2H3,(H,9,10). The Bertz CT molecular complexity index is 150. The van der Waals surface area contributed by atoms with Gasteiger partial charge in [0.25, 0.3) is 0 Å². The molecular formula is C7H11ClO2. The van der Waals surface area contributed by atoms with Crippen molar-refractivity contribution in [2.24, 2.45) is 5.92 Å². The summed E-state index contributed by atoms with van der Waals surface area (Å²) in [4.78, 5) is 10.3. The molecule has 0 rings (SSSR count). The summed E-state index contributed by atoms with van der Waals surface area (Å²) in [6.45, 7) is 3.90. The molecule has 0 aliphatic rings. The molecule has 1 N–H and O–H groups in total. The predicted octanol–water partition coefficient (Wildman–Crippen LogP) is 2.24. The third kappa shape index (κ3) is 3.51. The number of carboxylic acid groups (broad SMARTS) is 1. The van der Waals surface area contributed by atoms with Gasteiger partial charge in [-0.15, -0.1) is 0 Å². The number of hydrogen-bond acceptors (Lipinski definition) is 1. The Morgan fingerprint density at radius 2 is 2.20 bits per heavy atom. The number of hydrogen-bond donors (Lipinski definition) is 1. The molecule has 58 valence electrons. The van der Waals surface area contributed by atoms with Gasteiger partial charge in [0, 0.05) is 11.1 Å². The molecule has 0 heterocycles. The molecule has 0 bridgehead atoms. The van der Waals surface area contributed by atoms with E-state index in [1.807, 2.05) is 13.8 Å². The average Bonchev–Trinajstić information content (AvgIpc) is 1.81. The Balaban J connectivity index is 3.99. The van der Waals surface area contributed by atoms with Crippen LogP contribution >= 0.6 is 11.6 Å². The second-order valence-corrected chi connectivity index (χ2v) is 2.76. The van der Waals surface area contributed by atoms with Gasteiger partial charge < -0.3 is 5.11 Å². The highest BCUT2D eigenvalue weighted by atomic mass is 35.5. The molecule has 0 amide bonds. The SMILES string of the molecule is CC(C)CC(=CCl)C(=O)O. The summed E-state index contributed by atoms with van der Waals surface area (Å²) in [5.74, 6) is -0.593. The molecule has 0 fully saturated rings. The maximum atomic E-state index is 10.3. The van der Waals surface area contributed by atoms with Gasteiger partial charge in [-0.1, -0.05) is 25.4 Å². The topological polar surface area (TPSA) is 37.3 Å². The first-order valence-corrected chi connectivity index (χ1v) is 3.54. The van der Waals surface area contributed by atoms with Gasteiger partial charge in [-0.3, -0.25) is 0 Å². The number of aliphatic carboxylic acids is 1. The second kappa shape index (κ2) is 4.34. The second-order valence-electron chi connectivity index (χ2n) is 2.54. The van der Waals surface area contributed by atoms with Crippen molar-refractivity contribution in [2.45, 2.75) is 20.3 Å². The van der Waals surface area contributed by atoms with Crippen LogP contribution in [0.2, 0.25) is 0 Å². The van der Waals surface area contributed by atoms with E-state index in [0.717, 1.165) is 5.54 Å². The molecular weight excluding hydrogens is 152 g/mol. The third-order valence-electron chi connectivity index (χ3n) is 1.03. The largest absolute Gasteiger partial charge is 0.478 e. The highest BCUT2D eigenvalue weighted by Gasteiger charge is 2.07. The number of halogens is 1. The summed E-state index contributed by atoms with van der Waals surface area (Å²) in [5.41, 5.74) is 1.40. The van der Waals surface area contributed by atoms with Crippen molar-refractivity contribution in [3.8, 4) is 0 Å². The van der Waals surface area contributed by atoms with Gasteiger partial charge in [0.2, 0.25) is 0 Å². The summed E-state index contributed by atoms with van der Waals surface area (Å²) in [6, 6.07) is 0. The highest BCUT2D eigenvalue weighted by molar-refractivity contribution is 6.27. The average molecular weight is 163 g/mol. The molecule has 0 radical (unpaired) electrons. The van der Waals surface area contributed by atoms with Gasteiger partial charge in [-0.25, -0.2) is 4.79 Å². The normalized spacial score (nSPS) is 12.2. The smallest absolute Gasteiger partial charge is 0.332 e. The van der Waals surface area contributed by atoms with E-state index in [1.54, 1.807) is 0 Å². The lowest BCUT2D eigenvalue weighted by Crippen LogP contribution is -2.02. The van der Waals surface area contributed by atoms with Gasteiger partial charge >= 0.3 is 5.97 Å². The Hall–Kier alpha value is -0.500. The maximum Gasteiger partial charge on any atom is 0.332 e. The van der Waals surface area contributed by atoms with Crippen LogP contribution in [0.1, 0.15) is 20.3 Å². The van der Waals surface area contributed by atoms with Gasteiger partial charge in [-0.05, 0) is 12.3 Å². The Morgan fingerprint density at radius 1 is 1.70 bits per heavy atom. The van der Waals surface area contributed by atoms with Gasteiger partial charge in [0.1, 0.15) is 0 Å². The zero-order chi connectivity index (χ0) is 8.15. The first kappa shape index (κ1) is 9.50. The lowest BCUT2D eigenvalue weighted by Gasteiger charge is -2.02. The van der Waals surface area contributed by atoms with Gasteiger partial charge in [0.05, 0.1) is 0 Å². The van der Waals surface area contributed by atoms with E-state index < -0.39 is 5.97 Å². The van der Waals surface area contributed by atoms with E-state index in [2.05, 4.69) is 0 Å². The van der Waals surface area contributed by atoms with Crippen LogP contribution in [-0.4, -0.2) is 11.1 Å². The highest BCUT2D eigenvalue weighted by Crippen LogP contribution is 2.11. The Morgan fingerprint density at radius 3 is 2.30 bits per heavy atom. The van der Waals surface area contributed by atoms with Crippen molar-refractivity contribution in [3.63, 3.8) is 0 Å². The van der Waals surface area contributed by atoms with E-state index in [0.29, 0.717) is 12.3 Å². The molecule has 0 aromatic heterocycles. The molecule has 0 aromatic carbocycles. The van der Waals surface area contributed by atoms with Gasteiger partial charge in [0.15, 0.2) is 0 Å². The van der Waals surface area contributed by atoms with Crippen molar-refractivity contribution in [2.75, 3.05) is 0 Å². The molecule has 0 atom stereocenters. The van der Waals surface area contributed by atoms with Crippen LogP contribution in [0.25, 0.3) is 0 Å². The zero-order valence-corrected chi connectivity index (χ0v) is 6.85. The third-order valence-corrected chi connectivity index (χ3v) is 1.30. The van der Waals surface area contributed by atoms with Crippen LogP contribution in [0.5, 0.6) is 0 Å². The minimum Gasteiger partial charge on any atom is -0.478 e. The zero-order valence-electron chi connectivity index (χ0n) is 6.10. The Kier molecular flexibility index (Phi) is 4.12. The maximum absolute atomic E-state index is 10.3. The molecule has 3 heteroatoms. The summed E-state index contributed by atoms with van der Waals surface area (Å²) >= 11 is 5.26. The van der Waals surface area contributed by atoms with Crippen LogP contribution in [0, 0.1) is 5.92 Å². The first-order chi connectivity index (χ1) is 4.57. The van der Waals surface area contributed by atoms with Crippen LogP contribution < -0.4 is 0 Å². The summed E-state index contributed by atoms with van der Waals surface area (Å²) in [5, 5.41) is 8.47. The molecule has 2 nitrogen and oxygen atoms in total. The van der Waals surface area contributed by atoms with E-state index >= 15 is 0 Å². The predicted molar refractivity (Wildman–Crippen MR) is 41.0 cm³/mol. The minimum atomic E-state index is -0.927. The monoisotopic (exact) mass is 162 g/mol. The summed E-state index contributed by atoms with van der Waals surface area (Å²) < 4.78 is 0. The van der Waals surface area contributed by atoms with Crippen LogP contribution in [0.3, 0.4) is 0 Å². The fourth-order valence-corrected chi connectivity index (χ4v) is 0.801. The summed E-state index contributed by atoms with van der Waals surface area (Å²) in [6.07, 6.45) is 0.527. The van der Waals surface area contributed by atoms with Crippen molar-refractivity contribution < 1.29 is 9.90 Å². The van der Waals surface area contributed by atoms with E-state index in [4.69, 9.17) is 16.7 Å². The van der Waals surface area contributed by atoms with Gasteiger partial charge in [-0.2, -0.15) is 0 Å². The number of rotatable bonds is 3. The van der Waals surface area contributed by atoms with E-state index in [9.17, 15) is 4.79 Å². The lowest BCUT2D eigenvalue weighted by molar-refractivity contribution is -0.132. The molecule has 0 aromatic rings. The molecule has 0 saturated carbocycles. The van der Waals surface area contributed by atoms with Crippen molar-refractivity contribution in [3.05, 3.63) is 11.1 Å². The molecule has 0 unspecified atom stereocenters. The summed E-state index contributed by atoms with van der Waals surface area (Å²) in [7, 11) is 0. The van der Waals surface area contributed by atoms with Crippen LogP contribution in [0.4, 0.5) is 0 Å². The first-order valence-electron chi connectivity index (χ1n) is 3.10. The lowest BCUT2D eigenvalue weighted by atomic mass is 10.1. The van der Waals surface area contributed by atoms with Crippen molar-refractivity contribution >= 4 is 17.6 Å². The fourth-order valence-electron chi connectivity index (χ4n) is 0.618. The van der Waals surface area contributed by atoms with Crippen LogP contribution in [0.15, 0.2) is 11.1 Å². The molecule has 0 aliphatic heterocycles. The van der Waals surface area contributed by atoms with E-state index in [-0.39, 0.29) is 5.57 Å². The van der Waals surface area contributed by atoms with Crippen molar-refractivity contribution in [1.82, 2.24) is 0 Å². The quantitative estimate of drug-likeness (QED) is 0.647. The van der Waals surface area contributed by atoms with Crippen LogP contribution in [-0.2, 0) is 4.79 Å².